The highest BCUT2D eigenvalue weighted by molar-refractivity contribution is 5.95. The van der Waals surface area contributed by atoms with Crippen LogP contribution in [-0.4, -0.2) is 29.5 Å². The average Bonchev–Trinajstić information content (AvgIpc) is 2.55. The fourth-order valence-electron chi connectivity index (χ4n) is 2.77. The van der Waals surface area contributed by atoms with Crippen molar-refractivity contribution >= 4 is 17.6 Å². The van der Waals surface area contributed by atoms with E-state index in [0.717, 1.165) is 25.7 Å². The van der Waals surface area contributed by atoms with Crippen LogP contribution in [0.15, 0.2) is 24.3 Å². The Morgan fingerprint density at radius 2 is 2.00 bits per heavy atom. The molecule has 0 heterocycles. The van der Waals surface area contributed by atoms with E-state index in [1.807, 2.05) is 0 Å². The summed E-state index contributed by atoms with van der Waals surface area (Å²) in [6.07, 6.45) is 4.17. The Bertz CT molecular complexity index is 619. The number of hydrogen-bond acceptors (Lipinski definition) is 5. The van der Waals surface area contributed by atoms with E-state index in [-0.39, 0.29) is 17.5 Å². The van der Waals surface area contributed by atoms with Crippen LogP contribution in [-0.2, 0) is 4.79 Å². The zero-order chi connectivity index (χ0) is 17.5. The first kappa shape index (κ1) is 17.7. The van der Waals surface area contributed by atoms with E-state index in [1.165, 1.54) is 18.2 Å². The third-order valence-corrected chi connectivity index (χ3v) is 4.10. The molecular weight excluding hydrogens is 314 g/mol. The molecule has 1 saturated carbocycles. The maximum absolute atomic E-state index is 11.8. The van der Waals surface area contributed by atoms with Gasteiger partial charge in [-0.3, -0.25) is 20.2 Å². The van der Waals surface area contributed by atoms with Crippen molar-refractivity contribution in [1.82, 2.24) is 10.6 Å². The molecule has 8 heteroatoms. The standard InChI is InChI=1S/C16H21N3O5/c1-11-6-2-3-7-12(11)17-16(21)18-15(20)10-24-14-9-5-4-8-13(14)19(22)23/h4-5,8-9,11-12H,2-3,6-7,10H2,1H3,(H2,17,18,20,21)/t11-,12+/m0/s1. The number of rotatable bonds is 5. The molecule has 1 aliphatic rings. The highest BCUT2D eigenvalue weighted by atomic mass is 16.6. The number of benzene rings is 1. The molecule has 0 saturated heterocycles. The summed E-state index contributed by atoms with van der Waals surface area (Å²) in [5, 5.41) is 15.8. The third-order valence-electron chi connectivity index (χ3n) is 4.10. The summed E-state index contributed by atoms with van der Waals surface area (Å²) in [5.41, 5.74) is -0.231. The molecule has 0 radical (unpaired) electrons. The Hall–Kier alpha value is -2.64. The quantitative estimate of drug-likeness (QED) is 0.634. The molecule has 1 aliphatic carbocycles. The average molecular weight is 335 g/mol. The number of para-hydroxylation sites is 2. The normalized spacial score (nSPS) is 20.0. The number of nitro groups is 1. The molecule has 3 amide bonds. The lowest BCUT2D eigenvalue weighted by Gasteiger charge is -2.29. The number of amides is 3. The van der Waals surface area contributed by atoms with Gasteiger partial charge in [0.2, 0.25) is 0 Å². The van der Waals surface area contributed by atoms with Gasteiger partial charge in [0.15, 0.2) is 12.4 Å². The number of carbonyl (C=O) groups excluding carboxylic acids is 2. The molecule has 0 aromatic heterocycles. The first-order chi connectivity index (χ1) is 11.5. The molecule has 0 unspecified atom stereocenters. The number of nitro benzene ring substituents is 1. The lowest BCUT2D eigenvalue weighted by atomic mass is 9.86. The van der Waals surface area contributed by atoms with Crippen LogP contribution in [0.1, 0.15) is 32.6 Å². The topological polar surface area (TPSA) is 111 Å². The van der Waals surface area contributed by atoms with Crippen molar-refractivity contribution in [3.63, 3.8) is 0 Å². The SMILES string of the molecule is C[C@H]1CCCC[C@H]1NC(=O)NC(=O)COc1ccccc1[N+](=O)[O-]. The number of imide groups is 1. The van der Waals surface area contributed by atoms with Crippen LogP contribution in [0, 0.1) is 16.0 Å². The Morgan fingerprint density at radius 3 is 2.71 bits per heavy atom. The molecule has 2 atom stereocenters. The van der Waals surface area contributed by atoms with Crippen LogP contribution < -0.4 is 15.4 Å². The molecule has 1 aromatic rings. The van der Waals surface area contributed by atoms with E-state index >= 15 is 0 Å². The highest BCUT2D eigenvalue weighted by Crippen LogP contribution is 2.25. The van der Waals surface area contributed by atoms with Gasteiger partial charge >= 0.3 is 11.7 Å². The molecule has 2 N–H and O–H groups in total. The van der Waals surface area contributed by atoms with Gasteiger partial charge in [0.05, 0.1) is 4.92 Å². The van der Waals surface area contributed by atoms with Crippen molar-refractivity contribution in [3.8, 4) is 5.75 Å². The van der Waals surface area contributed by atoms with E-state index in [9.17, 15) is 19.7 Å². The van der Waals surface area contributed by atoms with Crippen molar-refractivity contribution in [1.29, 1.82) is 0 Å². The van der Waals surface area contributed by atoms with Crippen molar-refractivity contribution in [2.24, 2.45) is 5.92 Å². The largest absolute Gasteiger partial charge is 0.477 e. The van der Waals surface area contributed by atoms with E-state index in [1.54, 1.807) is 6.07 Å². The molecule has 24 heavy (non-hydrogen) atoms. The van der Waals surface area contributed by atoms with Gasteiger partial charge in [-0.15, -0.1) is 0 Å². The Kier molecular flexibility index (Phi) is 6.11. The first-order valence-corrected chi connectivity index (χ1v) is 7.94. The second-order valence-electron chi connectivity index (χ2n) is 5.90. The fraction of sp³-hybridized carbons (Fsp3) is 0.500. The van der Waals surface area contributed by atoms with Gasteiger partial charge in [0, 0.05) is 12.1 Å². The number of hydrogen-bond donors (Lipinski definition) is 2. The molecule has 0 aliphatic heterocycles. The van der Waals surface area contributed by atoms with Crippen LogP contribution in [0.4, 0.5) is 10.5 Å². The molecule has 1 aromatic carbocycles. The van der Waals surface area contributed by atoms with E-state index < -0.39 is 23.5 Å². The predicted octanol–water partition coefficient (Wildman–Crippen LogP) is 2.38. The van der Waals surface area contributed by atoms with Crippen LogP contribution in [0.25, 0.3) is 0 Å². The Morgan fingerprint density at radius 1 is 1.29 bits per heavy atom. The van der Waals surface area contributed by atoms with E-state index in [4.69, 9.17) is 4.74 Å². The molecule has 8 nitrogen and oxygen atoms in total. The summed E-state index contributed by atoms with van der Waals surface area (Å²) < 4.78 is 5.14. The smallest absolute Gasteiger partial charge is 0.321 e. The summed E-state index contributed by atoms with van der Waals surface area (Å²) in [7, 11) is 0. The first-order valence-electron chi connectivity index (χ1n) is 7.94. The minimum atomic E-state index is -0.658. The van der Waals surface area contributed by atoms with Gasteiger partial charge in [-0.2, -0.15) is 0 Å². The summed E-state index contributed by atoms with van der Waals surface area (Å²) in [5.74, 6) is -0.295. The third kappa shape index (κ3) is 4.94. The molecular formula is C16H21N3O5. The predicted molar refractivity (Wildman–Crippen MR) is 86.7 cm³/mol. The van der Waals surface area contributed by atoms with Crippen molar-refractivity contribution in [2.75, 3.05) is 6.61 Å². The minimum absolute atomic E-state index is 0.0149. The molecule has 0 bridgehead atoms. The summed E-state index contributed by atoms with van der Waals surface area (Å²) in [4.78, 5) is 33.9. The number of nitrogens with zero attached hydrogens (tertiary/aromatic N) is 1. The fourth-order valence-corrected chi connectivity index (χ4v) is 2.77. The lowest BCUT2D eigenvalue weighted by molar-refractivity contribution is -0.385. The van der Waals surface area contributed by atoms with Gasteiger partial charge in [0.1, 0.15) is 0 Å². The summed E-state index contributed by atoms with van der Waals surface area (Å²) in [6.45, 7) is 1.60. The van der Waals surface area contributed by atoms with Crippen molar-refractivity contribution in [3.05, 3.63) is 34.4 Å². The summed E-state index contributed by atoms with van der Waals surface area (Å²) in [6, 6.07) is 5.24. The molecule has 1 fully saturated rings. The minimum Gasteiger partial charge on any atom is -0.477 e. The van der Waals surface area contributed by atoms with Crippen LogP contribution in [0.5, 0.6) is 5.75 Å². The van der Waals surface area contributed by atoms with Crippen LogP contribution in [0.3, 0.4) is 0 Å². The number of carbonyl (C=O) groups is 2. The second kappa shape index (κ2) is 8.28. The number of ether oxygens (including phenoxy) is 1. The van der Waals surface area contributed by atoms with E-state index in [0.29, 0.717) is 5.92 Å². The Labute approximate surface area is 139 Å². The van der Waals surface area contributed by atoms with Gasteiger partial charge in [-0.25, -0.2) is 4.79 Å². The van der Waals surface area contributed by atoms with Crippen LogP contribution in [0.2, 0.25) is 0 Å². The lowest BCUT2D eigenvalue weighted by Crippen LogP contribution is -2.48. The maximum atomic E-state index is 11.8. The second-order valence-corrected chi connectivity index (χ2v) is 5.90. The summed E-state index contributed by atoms with van der Waals surface area (Å²) >= 11 is 0. The molecule has 0 spiro atoms. The van der Waals surface area contributed by atoms with Gasteiger partial charge in [-0.05, 0) is 24.8 Å². The Balaban J connectivity index is 1.81. The van der Waals surface area contributed by atoms with Gasteiger partial charge < -0.3 is 10.1 Å². The monoisotopic (exact) mass is 335 g/mol. The molecule has 130 valence electrons. The van der Waals surface area contributed by atoms with Gasteiger partial charge in [0.25, 0.3) is 5.91 Å². The van der Waals surface area contributed by atoms with Crippen molar-refractivity contribution < 1.29 is 19.2 Å². The van der Waals surface area contributed by atoms with Crippen LogP contribution >= 0.6 is 0 Å². The van der Waals surface area contributed by atoms with Gasteiger partial charge in [-0.1, -0.05) is 31.9 Å². The van der Waals surface area contributed by atoms with E-state index in [2.05, 4.69) is 17.6 Å². The number of nitrogens with one attached hydrogen (secondary N) is 2. The zero-order valence-corrected chi connectivity index (χ0v) is 13.5. The highest BCUT2D eigenvalue weighted by Gasteiger charge is 2.23. The van der Waals surface area contributed by atoms with Crippen molar-refractivity contribution in [2.45, 2.75) is 38.6 Å². The zero-order valence-electron chi connectivity index (χ0n) is 13.5. The number of urea groups is 1. The molecule has 2 rings (SSSR count). The maximum Gasteiger partial charge on any atom is 0.321 e.